The fourth-order valence-electron chi connectivity index (χ4n) is 4.49. The summed E-state index contributed by atoms with van der Waals surface area (Å²) in [6.45, 7) is 5.28. The minimum absolute atomic E-state index is 0.607. The minimum atomic E-state index is 0.607. The molecule has 1 aliphatic heterocycles. The molecule has 1 saturated carbocycles. The van der Waals surface area contributed by atoms with Crippen LogP contribution in [0.15, 0.2) is 61.1 Å². The van der Waals surface area contributed by atoms with Crippen LogP contribution in [-0.2, 0) is 6.54 Å². The molecule has 168 valence electrons. The number of para-hydroxylation sites is 1. The second-order valence-corrected chi connectivity index (χ2v) is 9.30. The number of hydrogen-bond acceptors (Lipinski definition) is 6. The van der Waals surface area contributed by atoms with Gasteiger partial charge in [-0.15, -0.1) is 0 Å². The highest BCUT2D eigenvalue weighted by atomic mass is 15.3. The number of likely N-dealkylation sites (N-methyl/N-ethyl adjacent to an activating group) is 1. The minimum Gasteiger partial charge on any atom is -0.369 e. The van der Waals surface area contributed by atoms with Gasteiger partial charge in [-0.1, -0.05) is 24.3 Å². The number of benzene rings is 2. The van der Waals surface area contributed by atoms with E-state index in [0.717, 1.165) is 66.4 Å². The molecule has 7 heteroatoms. The fraction of sp³-hybridized carbons (Fsp3) is 0.346. The molecule has 2 aromatic heterocycles. The second kappa shape index (κ2) is 8.48. The molecular weight excluding hydrogens is 410 g/mol. The number of fused-ring (bicyclic) bond motifs is 1. The lowest BCUT2D eigenvalue weighted by Crippen LogP contribution is -2.44. The van der Waals surface area contributed by atoms with Gasteiger partial charge in [0.2, 0.25) is 5.95 Å². The number of rotatable bonds is 6. The zero-order chi connectivity index (χ0) is 22.2. The molecule has 1 N–H and O–H groups in total. The number of anilines is 3. The van der Waals surface area contributed by atoms with E-state index in [0.29, 0.717) is 5.95 Å². The highest BCUT2D eigenvalue weighted by molar-refractivity contribution is 5.93. The largest absolute Gasteiger partial charge is 0.369 e. The number of hydrogen-bond donors (Lipinski definition) is 1. The van der Waals surface area contributed by atoms with Gasteiger partial charge in [0, 0.05) is 73.0 Å². The Labute approximate surface area is 194 Å². The summed E-state index contributed by atoms with van der Waals surface area (Å²) >= 11 is 0. The normalized spacial score (nSPS) is 16.9. The van der Waals surface area contributed by atoms with Crippen molar-refractivity contribution in [2.24, 2.45) is 5.92 Å². The lowest BCUT2D eigenvalue weighted by atomic mass is 10.1. The van der Waals surface area contributed by atoms with Gasteiger partial charge in [0.05, 0.1) is 11.7 Å². The Balaban J connectivity index is 1.27. The van der Waals surface area contributed by atoms with Crippen molar-refractivity contribution in [2.45, 2.75) is 19.4 Å². The second-order valence-electron chi connectivity index (χ2n) is 9.30. The van der Waals surface area contributed by atoms with Gasteiger partial charge in [-0.2, -0.15) is 5.10 Å². The summed E-state index contributed by atoms with van der Waals surface area (Å²) in [5.74, 6) is 1.40. The first-order valence-electron chi connectivity index (χ1n) is 11.8. The van der Waals surface area contributed by atoms with Gasteiger partial charge in [-0.05, 0) is 44.0 Å². The van der Waals surface area contributed by atoms with Crippen molar-refractivity contribution in [3.8, 4) is 11.1 Å². The van der Waals surface area contributed by atoms with Crippen LogP contribution in [0.3, 0.4) is 0 Å². The van der Waals surface area contributed by atoms with Crippen molar-refractivity contribution in [3.63, 3.8) is 0 Å². The molecule has 0 radical (unpaired) electrons. The van der Waals surface area contributed by atoms with E-state index in [2.05, 4.69) is 85.6 Å². The third-order valence-electron chi connectivity index (χ3n) is 6.67. The van der Waals surface area contributed by atoms with Crippen LogP contribution in [0.5, 0.6) is 0 Å². The molecule has 2 fully saturated rings. The number of nitrogens with one attached hydrogen (secondary N) is 1. The Kier molecular flexibility index (Phi) is 5.19. The van der Waals surface area contributed by atoms with Crippen molar-refractivity contribution >= 4 is 28.2 Å². The summed E-state index contributed by atoms with van der Waals surface area (Å²) in [4.78, 5) is 14.3. The Morgan fingerprint density at radius 2 is 1.85 bits per heavy atom. The van der Waals surface area contributed by atoms with Crippen molar-refractivity contribution in [1.29, 1.82) is 0 Å². The van der Waals surface area contributed by atoms with E-state index < -0.39 is 0 Å². The molecule has 0 atom stereocenters. The maximum absolute atomic E-state index is 4.90. The van der Waals surface area contributed by atoms with Crippen LogP contribution in [0.25, 0.3) is 22.0 Å². The Morgan fingerprint density at radius 3 is 2.70 bits per heavy atom. The van der Waals surface area contributed by atoms with Gasteiger partial charge in [0.15, 0.2) is 0 Å². The summed E-state index contributed by atoms with van der Waals surface area (Å²) in [5.41, 5.74) is 5.36. The molecule has 3 heterocycles. The monoisotopic (exact) mass is 439 g/mol. The molecule has 4 aromatic rings. The first kappa shape index (κ1) is 20.2. The predicted octanol–water partition coefficient (Wildman–Crippen LogP) is 4.40. The van der Waals surface area contributed by atoms with Crippen molar-refractivity contribution in [1.82, 2.24) is 24.6 Å². The Morgan fingerprint density at radius 1 is 1.00 bits per heavy atom. The fourth-order valence-corrected chi connectivity index (χ4v) is 4.49. The molecule has 2 aliphatic rings. The van der Waals surface area contributed by atoms with Crippen LogP contribution in [0.4, 0.5) is 17.3 Å². The Hall–Kier alpha value is -3.45. The molecule has 0 spiro atoms. The van der Waals surface area contributed by atoms with E-state index in [-0.39, 0.29) is 0 Å². The molecule has 0 unspecified atom stereocenters. The Bertz CT molecular complexity index is 1270. The van der Waals surface area contributed by atoms with Crippen LogP contribution >= 0.6 is 0 Å². The molecule has 7 nitrogen and oxygen atoms in total. The number of aromatic nitrogens is 4. The van der Waals surface area contributed by atoms with Gasteiger partial charge < -0.3 is 15.1 Å². The molecule has 2 aromatic carbocycles. The summed E-state index contributed by atoms with van der Waals surface area (Å²) in [6, 6.07) is 14.8. The average molecular weight is 440 g/mol. The van der Waals surface area contributed by atoms with E-state index >= 15 is 0 Å². The van der Waals surface area contributed by atoms with Gasteiger partial charge in [-0.25, -0.2) is 9.97 Å². The standard InChI is InChI=1S/C26H29N7/c1-31-10-12-32(13-11-31)23-6-3-5-22(14-23)29-26-27-15-20-4-2-7-24(25(20)30-26)21-16-28-33(18-21)17-19-8-9-19/h2-7,14-16,18-19H,8-13,17H2,1H3,(H,27,29,30). The third-order valence-corrected chi connectivity index (χ3v) is 6.67. The van der Waals surface area contributed by atoms with Crippen LogP contribution in [0.2, 0.25) is 0 Å². The molecule has 0 amide bonds. The van der Waals surface area contributed by atoms with Crippen LogP contribution in [0, 0.1) is 5.92 Å². The van der Waals surface area contributed by atoms with Crippen molar-refractivity contribution in [3.05, 3.63) is 61.1 Å². The first-order valence-corrected chi connectivity index (χ1v) is 11.8. The summed E-state index contributed by atoms with van der Waals surface area (Å²) in [5, 5.41) is 9.03. The molecule has 1 saturated heterocycles. The van der Waals surface area contributed by atoms with Crippen LogP contribution in [0.1, 0.15) is 12.8 Å². The zero-order valence-electron chi connectivity index (χ0n) is 19.0. The summed E-state index contributed by atoms with van der Waals surface area (Å²) < 4.78 is 2.07. The molecule has 1 aliphatic carbocycles. The molecule has 33 heavy (non-hydrogen) atoms. The lowest BCUT2D eigenvalue weighted by molar-refractivity contribution is 0.313. The third kappa shape index (κ3) is 4.41. The van der Waals surface area contributed by atoms with Crippen molar-refractivity contribution < 1.29 is 0 Å². The van der Waals surface area contributed by atoms with E-state index in [1.807, 2.05) is 12.4 Å². The van der Waals surface area contributed by atoms with Crippen LogP contribution in [-0.4, -0.2) is 57.9 Å². The maximum atomic E-state index is 4.90. The zero-order valence-corrected chi connectivity index (χ0v) is 19.0. The maximum Gasteiger partial charge on any atom is 0.227 e. The predicted molar refractivity (Wildman–Crippen MR) is 133 cm³/mol. The van der Waals surface area contributed by atoms with E-state index in [1.54, 1.807) is 0 Å². The number of piperazine rings is 1. The quantitative estimate of drug-likeness (QED) is 0.481. The van der Waals surface area contributed by atoms with Gasteiger partial charge in [-0.3, -0.25) is 4.68 Å². The van der Waals surface area contributed by atoms with Gasteiger partial charge in [0.25, 0.3) is 0 Å². The SMILES string of the molecule is CN1CCN(c2cccc(Nc3ncc4cccc(-c5cnn(CC6CC6)c5)c4n3)c2)CC1. The van der Waals surface area contributed by atoms with Crippen molar-refractivity contribution in [2.75, 3.05) is 43.4 Å². The van der Waals surface area contributed by atoms with E-state index in [9.17, 15) is 0 Å². The van der Waals surface area contributed by atoms with E-state index in [1.165, 1.54) is 18.5 Å². The molecule has 6 rings (SSSR count). The summed E-state index contributed by atoms with van der Waals surface area (Å²) in [6.07, 6.45) is 8.63. The van der Waals surface area contributed by atoms with E-state index in [4.69, 9.17) is 4.98 Å². The summed E-state index contributed by atoms with van der Waals surface area (Å²) in [7, 11) is 2.18. The number of nitrogens with zero attached hydrogens (tertiary/aromatic N) is 6. The highest BCUT2D eigenvalue weighted by Gasteiger charge is 2.22. The van der Waals surface area contributed by atoms with Gasteiger partial charge in [0.1, 0.15) is 0 Å². The topological polar surface area (TPSA) is 62.1 Å². The smallest absolute Gasteiger partial charge is 0.227 e. The molecule has 0 bridgehead atoms. The van der Waals surface area contributed by atoms with Gasteiger partial charge >= 0.3 is 0 Å². The first-order chi connectivity index (χ1) is 16.2. The van der Waals surface area contributed by atoms with Crippen LogP contribution < -0.4 is 10.2 Å². The lowest BCUT2D eigenvalue weighted by Gasteiger charge is -2.34. The average Bonchev–Trinajstić information content (AvgIpc) is 3.54. The highest BCUT2D eigenvalue weighted by Crippen LogP contribution is 2.32. The molecular formula is C26H29N7.